The number of ketones is 1. The summed E-state index contributed by atoms with van der Waals surface area (Å²) in [4.78, 5) is 11.2. The van der Waals surface area contributed by atoms with E-state index >= 15 is 0 Å². The van der Waals surface area contributed by atoms with Gasteiger partial charge in [-0.25, -0.2) is 0 Å². The summed E-state index contributed by atoms with van der Waals surface area (Å²) in [6.45, 7) is 0.431. The minimum atomic E-state index is 0.105. The number of benzene rings is 1. The molecule has 0 heterocycles. The number of hydroxylamine groups is 2. The number of nitrogens with zero attached hydrogens (tertiary/aromatic N) is 1. The average molecular weight is 217 g/mol. The van der Waals surface area contributed by atoms with Crippen LogP contribution in [0.1, 0.15) is 24.8 Å². The van der Waals surface area contributed by atoms with Crippen LogP contribution >= 0.6 is 0 Å². The Kier molecular flexibility index (Phi) is 3.37. The Labute approximate surface area is 95.0 Å². The van der Waals surface area contributed by atoms with Crippen LogP contribution in [-0.2, 0) is 11.3 Å². The topological polar surface area (TPSA) is 40.5 Å². The highest BCUT2D eigenvalue weighted by atomic mass is 16.5. The predicted octanol–water partition coefficient (Wildman–Crippen LogP) is 2.51. The van der Waals surface area contributed by atoms with E-state index in [-0.39, 0.29) is 5.78 Å². The van der Waals surface area contributed by atoms with Gasteiger partial charge in [0.05, 0.1) is 6.54 Å². The minimum absolute atomic E-state index is 0.105. The van der Waals surface area contributed by atoms with E-state index in [2.05, 4.69) is 0 Å². The van der Waals surface area contributed by atoms with Gasteiger partial charge in [0, 0.05) is 18.2 Å². The molecule has 0 spiro atoms. The van der Waals surface area contributed by atoms with Crippen LogP contribution in [0.3, 0.4) is 0 Å². The van der Waals surface area contributed by atoms with Crippen molar-refractivity contribution in [1.29, 1.82) is 0 Å². The summed E-state index contributed by atoms with van der Waals surface area (Å²) in [6.07, 6.45) is 3.75. The third-order valence-electron chi connectivity index (χ3n) is 2.69. The van der Waals surface area contributed by atoms with Gasteiger partial charge in [-0.2, -0.15) is 0 Å². The van der Waals surface area contributed by atoms with Gasteiger partial charge in [0.25, 0.3) is 0 Å². The second-order valence-corrected chi connectivity index (χ2v) is 4.00. The van der Waals surface area contributed by atoms with Crippen LogP contribution in [0.25, 0.3) is 0 Å². The van der Waals surface area contributed by atoms with Crippen molar-refractivity contribution in [3.8, 4) is 0 Å². The quantitative estimate of drug-likeness (QED) is 0.791. The number of rotatable bonds is 3. The number of carbonyl (C=O) groups excluding carboxylic acids is 1. The van der Waals surface area contributed by atoms with E-state index in [1.165, 1.54) is 5.06 Å². The standard InChI is InChI=1S/C13H15NO2/c15-13-8-4-7-12(9-13)14(16)10-11-5-2-1-3-6-11/h1-3,5-6,9,16H,4,7-8,10H2. The van der Waals surface area contributed by atoms with Gasteiger partial charge < -0.3 is 0 Å². The lowest BCUT2D eigenvalue weighted by Crippen LogP contribution is -2.21. The molecule has 0 atom stereocenters. The van der Waals surface area contributed by atoms with Gasteiger partial charge in [0.15, 0.2) is 5.78 Å². The zero-order valence-corrected chi connectivity index (χ0v) is 9.10. The smallest absolute Gasteiger partial charge is 0.157 e. The van der Waals surface area contributed by atoms with E-state index in [1.54, 1.807) is 6.08 Å². The highest BCUT2D eigenvalue weighted by Gasteiger charge is 2.14. The molecule has 0 radical (unpaired) electrons. The van der Waals surface area contributed by atoms with E-state index < -0.39 is 0 Å². The minimum Gasteiger partial charge on any atom is -0.295 e. The Morgan fingerprint density at radius 2 is 1.94 bits per heavy atom. The van der Waals surface area contributed by atoms with E-state index in [0.717, 1.165) is 24.1 Å². The van der Waals surface area contributed by atoms with Gasteiger partial charge in [-0.15, -0.1) is 0 Å². The monoisotopic (exact) mass is 217 g/mol. The first-order chi connectivity index (χ1) is 7.75. The van der Waals surface area contributed by atoms with Crippen molar-refractivity contribution in [3.05, 3.63) is 47.7 Å². The molecule has 16 heavy (non-hydrogen) atoms. The fraction of sp³-hybridized carbons (Fsp3) is 0.308. The van der Waals surface area contributed by atoms with Crippen LogP contribution in [0.4, 0.5) is 0 Å². The maximum Gasteiger partial charge on any atom is 0.157 e. The molecule has 0 unspecified atom stereocenters. The third kappa shape index (κ3) is 2.70. The SMILES string of the molecule is O=C1C=C(N(O)Cc2ccccc2)CCC1. The average Bonchev–Trinajstić information content (AvgIpc) is 2.30. The zero-order chi connectivity index (χ0) is 11.4. The van der Waals surface area contributed by atoms with Crippen molar-refractivity contribution in [2.24, 2.45) is 0 Å². The molecule has 1 aromatic carbocycles. The van der Waals surface area contributed by atoms with Gasteiger partial charge in [0.1, 0.15) is 0 Å². The van der Waals surface area contributed by atoms with E-state index in [1.807, 2.05) is 30.3 Å². The van der Waals surface area contributed by atoms with Crippen molar-refractivity contribution >= 4 is 5.78 Å². The first-order valence-electron chi connectivity index (χ1n) is 5.49. The van der Waals surface area contributed by atoms with Gasteiger partial charge in [-0.05, 0) is 18.4 Å². The maximum atomic E-state index is 11.2. The second-order valence-electron chi connectivity index (χ2n) is 4.00. The van der Waals surface area contributed by atoms with Crippen molar-refractivity contribution < 1.29 is 10.0 Å². The molecule has 1 aliphatic rings. The molecule has 3 nitrogen and oxygen atoms in total. The Morgan fingerprint density at radius 3 is 2.62 bits per heavy atom. The molecule has 1 aliphatic carbocycles. The molecule has 1 aromatic rings. The molecule has 0 aliphatic heterocycles. The van der Waals surface area contributed by atoms with Crippen LogP contribution < -0.4 is 0 Å². The molecular formula is C13H15NO2. The zero-order valence-electron chi connectivity index (χ0n) is 9.10. The number of allylic oxidation sites excluding steroid dienone is 2. The first kappa shape index (κ1) is 10.9. The van der Waals surface area contributed by atoms with Crippen molar-refractivity contribution in [1.82, 2.24) is 5.06 Å². The van der Waals surface area contributed by atoms with Gasteiger partial charge in [-0.1, -0.05) is 30.3 Å². The summed E-state index contributed by atoms with van der Waals surface area (Å²) in [5.74, 6) is 0.105. The Balaban J connectivity index is 2.03. The molecule has 0 fully saturated rings. The highest BCUT2D eigenvalue weighted by Crippen LogP contribution is 2.19. The van der Waals surface area contributed by atoms with Crippen molar-refractivity contribution in [2.45, 2.75) is 25.8 Å². The van der Waals surface area contributed by atoms with Gasteiger partial charge in [0.2, 0.25) is 0 Å². The first-order valence-corrected chi connectivity index (χ1v) is 5.49. The molecule has 2 rings (SSSR count). The molecular weight excluding hydrogens is 202 g/mol. The summed E-state index contributed by atoms with van der Waals surface area (Å²) in [6, 6.07) is 9.71. The molecule has 0 saturated carbocycles. The van der Waals surface area contributed by atoms with Crippen LogP contribution in [0.5, 0.6) is 0 Å². The molecule has 84 valence electrons. The lowest BCUT2D eigenvalue weighted by atomic mass is 10.0. The number of carbonyl (C=O) groups is 1. The lowest BCUT2D eigenvalue weighted by Gasteiger charge is -2.22. The number of hydrogen-bond acceptors (Lipinski definition) is 3. The summed E-state index contributed by atoms with van der Waals surface area (Å²) in [5.41, 5.74) is 1.75. The van der Waals surface area contributed by atoms with Crippen molar-refractivity contribution in [2.75, 3.05) is 0 Å². The van der Waals surface area contributed by atoms with Gasteiger partial charge in [-0.3, -0.25) is 15.1 Å². The molecule has 1 N–H and O–H groups in total. The fourth-order valence-corrected chi connectivity index (χ4v) is 1.84. The van der Waals surface area contributed by atoms with Crippen LogP contribution in [0, 0.1) is 0 Å². The third-order valence-corrected chi connectivity index (χ3v) is 2.69. The Hall–Kier alpha value is -1.61. The predicted molar refractivity (Wildman–Crippen MR) is 60.7 cm³/mol. The van der Waals surface area contributed by atoms with E-state index in [9.17, 15) is 10.0 Å². The van der Waals surface area contributed by atoms with Crippen LogP contribution in [0.2, 0.25) is 0 Å². The molecule has 0 aromatic heterocycles. The van der Waals surface area contributed by atoms with E-state index in [0.29, 0.717) is 13.0 Å². The molecule has 0 amide bonds. The normalized spacial score (nSPS) is 15.8. The highest BCUT2D eigenvalue weighted by molar-refractivity contribution is 5.90. The second kappa shape index (κ2) is 4.94. The summed E-state index contributed by atoms with van der Waals surface area (Å²) >= 11 is 0. The van der Waals surface area contributed by atoms with Gasteiger partial charge >= 0.3 is 0 Å². The maximum absolute atomic E-state index is 11.2. The molecule has 3 heteroatoms. The molecule has 0 bridgehead atoms. The fourth-order valence-electron chi connectivity index (χ4n) is 1.84. The largest absolute Gasteiger partial charge is 0.295 e. The lowest BCUT2D eigenvalue weighted by molar-refractivity contribution is -0.116. The summed E-state index contributed by atoms with van der Waals surface area (Å²) in [7, 11) is 0. The van der Waals surface area contributed by atoms with Crippen LogP contribution in [-0.4, -0.2) is 16.1 Å². The Bertz CT molecular complexity index is 398. The summed E-state index contributed by atoms with van der Waals surface area (Å²) in [5, 5.41) is 11.0. The molecule has 0 saturated heterocycles. The summed E-state index contributed by atoms with van der Waals surface area (Å²) < 4.78 is 0. The number of hydrogen-bond donors (Lipinski definition) is 1. The van der Waals surface area contributed by atoms with Crippen LogP contribution in [0.15, 0.2) is 42.1 Å². The Morgan fingerprint density at radius 1 is 1.19 bits per heavy atom. The van der Waals surface area contributed by atoms with Crippen molar-refractivity contribution in [3.63, 3.8) is 0 Å². The van der Waals surface area contributed by atoms with E-state index in [4.69, 9.17) is 0 Å².